The maximum atomic E-state index is 13.1. The van der Waals surface area contributed by atoms with Gasteiger partial charge < -0.3 is 18.9 Å². The van der Waals surface area contributed by atoms with Crippen LogP contribution in [0.5, 0.6) is 11.5 Å². The van der Waals surface area contributed by atoms with E-state index in [1.54, 1.807) is 17.9 Å². The first-order valence-corrected chi connectivity index (χ1v) is 9.07. The zero-order valence-corrected chi connectivity index (χ0v) is 15.5. The predicted molar refractivity (Wildman–Crippen MR) is 106 cm³/mol. The maximum absolute atomic E-state index is 13.1. The SMILES string of the molecule is Cc1cc(C(=O)N(CC=Cc2ccccc2)c2ccc3c(c2)OCCO3)no1. The fourth-order valence-electron chi connectivity index (χ4n) is 2.97. The second-order valence-electron chi connectivity index (χ2n) is 6.38. The summed E-state index contributed by atoms with van der Waals surface area (Å²) in [5, 5.41) is 3.87. The molecule has 0 bridgehead atoms. The van der Waals surface area contributed by atoms with Gasteiger partial charge in [0.05, 0.1) is 0 Å². The third-order valence-electron chi connectivity index (χ3n) is 4.33. The fourth-order valence-corrected chi connectivity index (χ4v) is 2.97. The average molecular weight is 376 g/mol. The molecular formula is C22H20N2O4. The van der Waals surface area contributed by atoms with E-state index in [0.29, 0.717) is 42.7 Å². The molecule has 0 N–H and O–H groups in total. The monoisotopic (exact) mass is 376 g/mol. The third kappa shape index (κ3) is 3.91. The number of fused-ring (bicyclic) bond motifs is 1. The first kappa shape index (κ1) is 17.9. The molecule has 0 atom stereocenters. The van der Waals surface area contributed by atoms with Gasteiger partial charge in [-0.2, -0.15) is 0 Å². The highest BCUT2D eigenvalue weighted by Crippen LogP contribution is 2.34. The van der Waals surface area contributed by atoms with Gasteiger partial charge in [0.1, 0.15) is 19.0 Å². The molecule has 2 aromatic carbocycles. The number of aryl methyl sites for hydroxylation is 1. The van der Waals surface area contributed by atoms with E-state index in [0.717, 1.165) is 5.56 Å². The third-order valence-corrected chi connectivity index (χ3v) is 4.33. The highest BCUT2D eigenvalue weighted by molar-refractivity contribution is 6.05. The van der Waals surface area contributed by atoms with Gasteiger partial charge in [-0.25, -0.2) is 0 Å². The summed E-state index contributed by atoms with van der Waals surface area (Å²) in [6.45, 7) is 3.14. The molecule has 3 aromatic rings. The van der Waals surface area contributed by atoms with Gasteiger partial charge in [0, 0.05) is 24.4 Å². The number of rotatable bonds is 5. The number of amides is 1. The molecule has 0 radical (unpaired) electrons. The first-order chi connectivity index (χ1) is 13.7. The van der Waals surface area contributed by atoms with E-state index < -0.39 is 0 Å². The van der Waals surface area contributed by atoms with Crippen LogP contribution < -0.4 is 14.4 Å². The normalized spacial score (nSPS) is 12.9. The van der Waals surface area contributed by atoms with Crippen molar-refractivity contribution in [2.75, 3.05) is 24.7 Å². The quantitative estimate of drug-likeness (QED) is 0.670. The van der Waals surface area contributed by atoms with Crippen LogP contribution in [0, 0.1) is 6.92 Å². The van der Waals surface area contributed by atoms with Gasteiger partial charge in [-0.1, -0.05) is 47.6 Å². The fraction of sp³-hybridized carbons (Fsp3) is 0.182. The van der Waals surface area contributed by atoms with Crippen molar-refractivity contribution in [1.29, 1.82) is 0 Å². The number of hydrogen-bond acceptors (Lipinski definition) is 5. The van der Waals surface area contributed by atoms with Crippen LogP contribution in [0.2, 0.25) is 0 Å². The zero-order valence-electron chi connectivity index (χ0n) is 15.5. The van der Waals surface area contributed by atoms with Gasteiger partial charge in [0.25, 0.3) is 5.91 Å². The molecule has 0 spiro atoms. The second-order valence-corrected chi connectivity index (χ2v) is 6.38. The molecule has 0 aliphatic carbocycles. The summed E-state index contributed by atoms with van der Waals surface area (Å²) in [5.74, 6) is 1.65. The van der Waals surface area contributed by atoms with Gasteiger partial charge in [0.2, 0.25) is 0 Å². The molecule has 0 saturated heterocycles. The highest BCUT2D eigenvalue weighted by Gasteiger charge is 2.22. The predicted octanol–water partition coefficient (Wildman–Crippen LogP) is 4.11. The number of benzene rings is 2. The summed E-state index contributed by atoms with van der Waals surface area (Å²) in [6, 6.07) is 17.0. The smallest absolute Gasteiger partial charge is 0.280 e. The molecule has 0 unspecified atom stereocenters. The maximum Gasteiger partial charge on any atom is 0.280 e. The number of ether oxygens (including phenoxy) is 2. The largest absolute Gasteiger partial charge is 0.486 e. The number of aromatic nitrogens is 1. The Kier molecular flexibility index (Phi) is 5.10. The highest BCUT2D eigenvalue weighted by atomic mass is 16.6. The summed E-state index contributed by atoms with van der Waals surface area (Å²) in [6.07, 6.45) is 3.92. The molecule has 0 saturated carbocycles. The topological polar surface area (TPSA) is 64.8 Å². The first-order valence-electron chi connectivity index (χ1n) is 9.07. The van der Waals surface area contributed by atoms with Gasteiger partial charge in [-0.05, 0) is 24.6 Å². The number of carbonyl (C=O) groups is 1. The Hall–Kier alpha value is -3.54. The Balaban J connectivity index is 1.63. The van der Waals surface area contributed by atoms with Crippen molar-refractivity contribution in [3.05, 3.63) is 77.7 Å². The van der Waals surface area contributed by atoms with Crippen molar-refractivity contribution in [2.45, 2.75) is 6.92 Å². The van der Waals surface area contributed by atoms with Crippen LogP contribution in [0.25, 0.3) is 6.08 Å². The number of carbonyl (C=O) groups excluding carboxylic acids is 1. The van der Waals surface area contributed by atoms with Crippen LogP contribution in [0.3, 0.4) is 0 Å². The Bertz CT molecular complexity index is 995. The van der Waals surface area contributed by atoms with Crippen molar-refractivity contribution in [1.82, 2.24) is 5.16 Å². The summed E-state index contributed by atoms with van der Waals surface area (Å²) in [4.78, 5) is 14.7. The Morgan fingerprint density at radius 3 is 2.61 bits per heavy atom. The lowest BCUT2D eigenvalue weighted by Crippen LogP contribution is -2.31. The van der Waals surface area contributed by atoms with E-state index in [2.05, 4.69) is 5.16 Å². The lowest BCUT2D eigenvalue weighted by molar-refractivity contribution is 0.0981. The van der Waals surface area contributed by atoms with Gasteiger partial charge in [0.15, 0.2) is 17.2 Å². The molecule has 1 aromatic heterocycles. The minimum atomic E-state index is -0.244. The van der Waals surface area contributed by atoms with E-state index in [1.807, 2.05) is 60.7 Å². The molecule has 1 aliphatic rings. The van der Waals surface area contributed by atoms with E-state index in [1.165, 1.54) is 0 Å². The molecule has 2 heterocycles. The van der Waals surface area contributed by atoms with E-state index in [-0.39, 0.29) is 11.6 Å². The molecule has 1 aliphatic heterocycles. The lowest BCUT2D eigenvalue weighted by atomic mass is 10.2. The molecular weight excluding hydrogens is 356 g/mol. The molecule has 1 amide bonds. The molecule has 0 fully saturated rings. The van der Waals surface area contributed by atoms with Crippen LogP contribution in [-0.2, 0) is 0 Å². The van der Waals surface area contributed by atoms with Crippen molar-refractivity contribution >= 4 is 17.7 Å². The number of nitrogens with zero attached hydrogens (tertiary/aromatic N) is 2. The van der Waals surface area contributed by atoms with Gasteiger partial charge >= 0.3 is 0 Å². The van der Waals surface area contributed by atoms with E-state index in [9.17, 15) is 4.79 Å². The number of anilines is 1. The van der Waals surface area contributed by atoms with Crippen LogP contribution in [0.1, 0.15) is 21.8 Å². The minimum Gasteiger partial charge on any atom is -0.486 e. The Labute approximate surface area is 163 Å². The van der Waals surface area contributed by atoms with E-state index >= 15 is 0 Å². The molecule has 28 heavy (non-hydrogen) atoms. The van der Waals surface area contributed by atoms with Crippen molar-refractivity contribution in [2.24, 2.45) is 0 Å². The lowest BCUT2D eigenvalue weighted by Gasteiger charge is -2.24. The Morgan fingerprint density at radius 1 is 1.07 bits per heavy atom. The molecule has 6 nitrogen and oxygen atoms in total. The molecule has 6 heteroatoms. The standard InChI is InChI=1S/C22H20N2O4/c1-16-14-19(23-28-16)22(25)24(11-5-8-17-6-3-2-4-7-17)18-9-10-20-21(15-18)27-13-12-26-20/h2-10,14-15H,11-13H2,1H3. The summed E-state index contributed by atoms with van der Waals surface area (Å²) >= 11 is 0. The van der Waals surface area contributed by atoms with Crippen LogP contribution in [0.4, 0.5) is 5.69 Å². The van der Waals surface area contributed by atoms with Crippen molar-refractivity contribution < 1.29 is 18.8 Å². The number of hydrogen-bond donors (Lipinski definition) is 0. The van der Waals surface area contributed by atoms with Gasteiger partial charge in [-0.15, -0.1) is 0 Å². The van der Waals surface area contributed by atoms with Crippen LogP contribution >= 0.6 is 0 Å². The zero-order chi connectivity index (χ0) is 19.3. The summed E-state index contributed by atoms with van der Waals surface area (Å²) in [7, 11) is 0. The summed E-state index contributed by atoms with van der Waals surface area (Å²) in [5.41, 5.74) is 2.03. The van der Waals surface area contributed by atoms with Gasteiger partial charge in [-0.3, -0.25) is 4.79 Å². The van der Waals surface area contributed by atoms with Crippen molar-refractivity contribution in [3.63, 3.8) is 0 Å². The molecule has 4 rings (SSSR count). The summed E-state index contributed by atoms with van der Waals surface area (Å²) < 4.78 is 16.3. The van der Waals surface area contributed by atoms with Crippen molar-refractivity contribution in [3.8, 4) is 11.5 Å². The van der Waals surface area contributed by atoms with Crippen LogP contribution in [-0.4, -0.2) is 30.8 Å². The second kappa shape index (κ2) is 8.00. The van der Waals surface area contributed by atoms with Crippen LogP contribution in [0.15, 0.2) is 65.2 Å². The minimum absolute atomic E-state index is 0.244. The average Bonchev–Trinajstić information content (AvgIpc) is 3.17. The molecule has 142 valence electrons. The Morgan fingerprint density at radius 2 is 1.86 bits per heavy atom. The van der Waals surface area contributed by atoms with E-state index in [4.69, 9.17) is 14.0 Å².